The highest BCUT2D eigenvalue weighted by molar-refractivity contribution is 6.12. The standard InChI is InChI=1S/C50H32N4O/c1-4-16-33(17-5-1)39-25-10-11-26-40(39)37-23-14-24-38(32-37)48-52-47(35-18-6-2-7-19-35)53-49(54-48)43-28-13-12-27-41(43)42-29-15-22-34-30-31-44-46(45(34)42)55-50(51-44)36-20-8-3-9-21-36/h1-32H. The number of aromatic nitrogens is 4. The molecule has 0 N–H and O–H groups in total. The molecule has 8 aromatic carbocycles. The quantitative estimate of drug-likeness (QED) is 0.165. The van der Waals surface area contributed by atoms with Gasteiger partial charge in [-0.05, 0) is 63.0 Å². The minimum Gasteiger partial charge on any atom is -0.435 e. The lowest BCUT2D eigenvalue weighted by Crippen LogP contribution is -2.01. The molecule has 55 heavy (non-hydrogen) atoms. The molecule has 0 radical (unpaired) electrons. The predicted octanol–water partition coefficient (Wildman–Crippen LogP) is 12.8. The van der Waals surface area contributed by atoms with Gasteiger partial charge in [0.15, 0.2) is 23.1 Å². The van der Waals surface area contributed by atoms with Gasteiger partial charge < -0.3 is 4.42 Å². The van der Waals surface area contributed by atoms with E-state index in [-0.39, 0.29) is 0 Å². The molecule has 0 atom stereocenters. The van der Waals surface area contributed by atoms with Gasteiger partial charge in [-0.1, -0.05) is 170 Å². The molecule has 0 fully saturated rings. The molecule has 0 saturated heterocycles. The van der Waals surface area contributed by atoms with Gasteiger partial charge in [-0.15, -0.1) is 0 Å². The monoisotopic (exact) mass is 704 g/mol. The molecule has 0 aliphatic heterocycles. The van der Waals surface area contributed by atoms with Crippen molar-refractivity contribution in [3.05, 3.63) is 194 Å². The lowest BCUT2D eigenvalue weighted by atomic mass is 9.93. The zero-order chi connectivity index (χ0) is 36.6. The minimum absolute atomic E-state index is 0.585. The summed E-state index contributed by atoms with van der Waals surface area (Å²) in [6.07, 6.45) is 0. The van der Waals surface area contributed by atoms with Crippen molar-refractivity contribution in [2.45, 2.75) is 0 Å². The van der Waals surface area contributed by atoms with Gasteiger partial charge in [-0.25, -0.2) is 19.9 Å². The first-order chi connectivity index (χ1) is 27.3. The molecular weight excluding hydrogens is 673 g/mol. The van der Waals surface area contributed by atoms with Crippen LogP contribution >= 0.6 is 0 Å². The van der Waals surface area contributed by atoms with Crippen LogP contribution in [-0.2, 0) is 0 Å². The van der Waals surface area contributed by atoms with Crippen molar-refractivity contribution in [2.75, 3.05) is 0 Å². The molecule has 258 valence electrons. The first-order valence-electron chi connectivity index (χ1n) is 18.3. The van der Waals surface area contributed by atoms with Crippen molar-refractivity contribution in [3.63, 3.8) is 0 Å². The maximum Gasteiger partial charge on any atom is 0.227 e. The van der Waals surface area contributed by atoms with Gasteiger partial charge in [0, 0.05) is 27.6 Å². The summed E-state index contributed by atoms with van der Waals surface area (Å²) in [5.74, 6) is 2.38. The highest BCUT2D eigenvalue weighted by atomic mass is 16.3. The third kappa shape index (κ3) is 6.04. The van der Waals surface area contributed by atoms with Gasteiger partial charge >= 0.3 is 0 Å². The largest absolute Gasteiger partial charge is 0.435 e. The van der Waals surface area contributed by atoms with Crippen LogP contribution in [0.5, 0.6) is 0 Å². The molecular formula is C50H32N4O. The van der Waals surface area contributed by atoms with Crippen molar-refractivity contribution in [1.29, 1.82) is 0 Å². The fourth-order valence-corrected chi connectivity index (χ4v) is 7.37. The van der Waals surface area contributed by atoms with E-state index in [0.29, 0.717) is 23.4 Å². The van der Waals surface area contributed by atoms with Crippen LogP contribution in [0.15, 0.2) is 199 Å². The van der Waals surface area contributed by atoms with Crippen molar-refractivity contribution < 1.29 is 4.42 Å². The summed E-state index contributed by atoms with van der Waals surface area (Å²) in [6.45, 7) is 0. The van der Waals surface area contributed by atoms with Crippen LogP contribution in [0.1, 0.15) is 0 Å². The average Bonchev–Trinajstić information content (AvgIpc) is 3.72. The number of hydrogen-bond acceptors (Lipinski definition) is 5. The average molecular weight is 705 g/mol. The van der Waals surface area contributed by atoms with Gasteiger partial charge in [0.2, 0.25) is 5.89 Å². The third-order valence-electron chi connectivity index (χ3n) is 9.99. The molecule has 0 bridgehead atoms. The molecule has 0 aliphatic rings. The lowest BCUT2D eigenvalue weighted by Gasteiger charge is -2.14. The Balaban J connectivity index is 1.15. The Morgan fingerprint density at radius 3 is 1.55 bits per heavy atom. The molecule has 10 aromatic rings. The summed E-state index contributed by atoms with van der Waals surface area (Å²) < 4.78 is 6.56. The summed E-state index contributed by atoms with van der Waals surface area (Å²) in [6, 6.07) is 66.4. The van der Waals surface area contributed by atoms with E-state index in [1.807, 2.05) is 78.9 Å². The summed E-state index contributed by atoms with van der Waals surface area (Å²) in [5, 5.41) is 2.05. The second-order valence-corrected chi connectivity index (χ2v) is 13.4. The number of benzene rings is 8. The van der Waals surface area contributed by atoms with Crippen LogP contribution in [-0.4, -0.2) is 19.9 Å². The highest BCUT2D eigenvalue weighted by Gasteiger charge is 2.20. The summed E-state index contributed by atoms with van der Waals surface area (Å²) in [4.78, 5) is 20.4. The van der Waals surface area contributed by atoms with Gasteiger partial charge in [0.25, 0.3) is 0 Å². The van der Waals surface area contributed by atoms with Crippen molar-refractivity contribution in [2.24, 2.45) is 0 Å². The van der Waals surface area contributed by atoms with Gasteiger partial charge in [-0.3, -0.25) is 0 Å². The Kier molecular flexibility index (Phi) is 8.08. The van der Waals surface area contributed by atoms with E-state index in [4.69, 9.17) is 24.4 Å². The van der Waals surface area contributed by atoms with E-state index in [9.17, 15) is 0 Å². The number of rotatable bonds is 7. The number of fused-ring (bicyclic) bond motifs is 3. The normalized spacial score (nSPS) is 11.3. The number of nitrogens with zero attached hydrogens (tertiary/aromatic N) is 4. The molecule has 2 aromatic heterocycles. The first kappa shape index (κ1) is 32.2. The van der Waals surface area contributed by atoms with Crippen molar-refractivity contribution >= 4 is 21.9 Å². The fourth-order valence-electron chi connectivity index (χ4n) is 7.37. The number of hydrogen-bond donors (Lipinski definition) is 0. The number of oxazole rings is 1. The molecule has 5 heteroatoms. The van der Waals surface area contributed by atoms with E-state index >= 15 is 0 Å². The second-order valence-electron chi connectivity index (χ2n) is 13.4. The Hall–Kier alpha value is -7.50. The zero-order valence-electron chi connectivity index (χ0n) is 29.7. The van der Waals surface area contributed by atoms with Gasteiger partial charge in [-0.2, -0.15) is 0 Å². The molecule has 0 aliphatic carbocycles. The first-order valence-corrected chi connectivity index (χ1v) is 18.3. The molecule has 10 rings (SSSR count). The van der Waals surface area contributed by atoms with Gasteiger partial charge in [0.05, 0.1) is 0 Å². The Labute approximate surface area is 318 Å². The van der Waals surface area contributed by atoms with Crippen LogP contribution in [0.25, 0.3) is 101 Å². The SMILES string of the molecule is c1ccc(-c2nc(-c3cccc(-c4ccccc4-c4ccccc4)c3)nc(-c3ccccc3-c3cccc4ccc5nc(-c6ccccc6)oc5c34)n2)cc1. The van der Waals surface area contributed by atoms with Crippen molar-refractivity contribution in [1.82, 2.24) is 19.9 Å². The lowest BCUT2D eigenvalue weighted by molar-refractivity contribution is 0.623. The topological polar surface area (TPSA) is 64.7 Å². The summed E-state index contributed by atoms with van der Waals surface area (Å²) >= 11 is 0. The summed E-state index contributed by atoms with van der Waals surface area (Å²) in [5.41, 5.74) is 11.8. The van der Waals surface area contributed by atoms with E-state index in [0.717, 1.165) is 66.4 Å². The highest BCUT2D eigenvalue weighted by Crippen LogP contribution is 2.41. The second kappa shape index (κ2) is 13.8. The van der Waals surface area contributed by atoms with Crippen molar-refractivity contribution in [3.8, 4) is 79.0 Å². The van der Waals surface area contributed by atoms with Gasteiger partial charge in [0.1, 0.15) is 5.52 Å². The molecule has 0 saturated carbocycles. The van der Waals surface area contributed by atoms with E-state index in [1.165, 1.54) is 11.1 Å². The predicted molar refractivity (Wildman–Crippen MR) is 223 cm³/mol. The van der Waals surface area contributed by atoms with Crippen LogP contribution in [0.4, 0.5) is 0 Å². The van der Waals surface area contributed by atoms with E-state index < -0.39 is 0 Å². The van der Waals surface area contributed by atoms with Crippen LogP contribution < -0.4 is 0 Å². The Morgan fingerprint density at radius 1 is 0.309 bits per heavy atom. The molecule has 0 unspecified atom stereocenters. The molecule has 0 amide bonds. The molecule has 2 heterocycles. The van der Waals surface area contributed by atoms with Crippen LogP contribution in [0, 0.1) is 0 Å². The fraction of sp³-hybridized carbons (Fsp3) is 0. The molecule has 5 nitrogen and oxygen atoms in total. The van der Waals surface area contributed by atoms with E-state index in [1.54, 1.807) is 0 Å². The zero-order valence-corrected chi connectivity index (χ0v) is 29.7. The smallest absolute Gasteiger partial charge is 0.227 e. The Bertz CT molecular complexity index is 2980. The Morgan fingerprint density at radius 2 is 0.818 bits per heavy atom. The van der Waals surface area contributed by atoms with Crippen LogP contribution in [0.2, 0.25) is 0 Å². The third-order valence-corrected chi connectivity index (χ3v) is 9.99. The van der Waals surface area contributed by atoms with E-state index in [2.05, 4.69) is 115 Å². The maximum absolute atomic E-state index is 6.56. The minimum atomic E-state index is 0.585. The van der Waals surface area contributed by atoms with Crippen LogP contribution in [0.3, 0.4) is 0 Å². The molecule has 0 spiro atoms. The maximum atomic E-state index is 6.56. The summed E-state index contributed by atoms with van der Waals surface area (Å²) in [7, 11) is 0.